The van der Waals surface area contributed by atoms with Gasteiger partial charge >= 0.3 is 0 Å². The molecule has 6 nitrogen and oxygen atoms in total. The molecule has 0 bridgehead atoms. The zero-order chi connectivity index (χ0) is 20.0. The number of hydrogen-bond acceptors (Lipinski definition) is 4. The van der Waals surface area contributed by atoms with Crippen LogP contribution in [-0.2, 0) is 16.1 Å². The maximum Gasteiger partial charge on any atom is 0.236 e. The van der Waals surface area contributed by atoms with Crippen molar-refractivity contribution in [3.8, 4) is 5.75 Å². The number of likely N-dealkylation sites (tertiary alicyclic amines) is 1. The molecule has 1 heterocycles. The van der Waals surface area contributed by atoms with Crippen molar-refractivity contribution in [2.75, 3.05) is 40.8 Å². The highest BCUT2D eigenvalue weighted by molar-refractivity contribution is 5.81. The van der Waals surface area contributed by atoms with Gasteiger partial charge in [0.25, 0.3) is 0 Å². The van der Waals surface area contributed by atoms with Gasteiger partial charge < -0.3 is 14.5 Å². The van der Waals surface area contributed by atoms with Crippen molar-refractivity contribution < 1.29 is 14.3 Å². The maximum absolute atomic E-state index is 12.6. The zero-order valence-corrected chi connectivity index (χ0v) is 17.3. The summed E-state index contributed by atoms with van der Waals surface area (Å²) in [5, 5.41) is 0. The van der Waals surface area contributed by atoms with E-state index in [1.165, 1.54) is 0 Å². The lowest BCUT2D eigenvalue weighted by Crippen LogP contribution is -2.47. The number of rotatable bonds is 7. The van der Waals surface area contributed by atoms with Gasteiger partial charge in [-0.15, -0.1) is 0 Å². The van der Waals surface area contributed by atoms with Crippen LogP contribution in [0.5, 0.6) is 5.75 Å². The number of ether oxygens (including phenoxy) is 1. The number of nitrogens with zero attached hydrogens (tertiary/aromatic N) is 3. The lowest BCUT2D eigenvalue weighted by Gasteiger charge is -2.35. The van der Waals surface area contributed by atoms with Gasteiger partial charge in [0.05, 0.1) is 13.7 Å². The van der Waals surface area contributed by atoms with E-state index in [0.29, 0.717) is 26.2 Å². The Morgan fingerprint density at radius 1 is 1.15 bits per heavy atom. The van der Waals surface area contributed by atoms with Crippen molar-refractivity contribution in [2.24, 2.45) is 5.92 Å². The van der Waals surface area contributed by atoms with Gasteiger partial charge in [0.15, 0.2) is 0 Å². The van der Waals surface area contributed by atoms with E-state index in [-0.39, 0.29) is 23.8 Å². The van der Waals surface area contributed by atoms with Gasteiger partial charge in [0, 0.05) is 38.6 Å². The summed E-state index contributed by atoms with van der Waals surface area (Å²) in [6.07, 6.45) is 1.51. The van der Waals surface area contributed by atoms with Crippen LogP contribution < -0.4 is 4.74 Å². The minimum absolute atomic E-state index is 0.0403. The molecule has 150 valence electrons. The molecule has 0 aliphatic carbocycles. The maximum atomic E-state index is 12.6. The molecule has 2 amide bonds. The van der Waals surface area contributed by atoms with Crippen LogP contribution in [0, 0.1) is 5.92 Å². The smallest absolute Gasteiger partial charge is 0.236 e. The number of piperidine rings is 1. The molecule has 27 heavy (non-hydrogen) atoms. The van der Waals surface area contributed by atoms with Gasteiger partial charge in [-0.3, -0.25) is 14.5 Å². The van der Waals surface area contributed by atoms with Crippen LogP contribution in [0.25, 0.3) is 0 Å². The normalized spacial score (nSPS) is 15.3. The number of carbonyl (C=O) groups excluding carboxylic acids is 2. The van der Waals surface area contributed by atoms with Crippen molar-refractivity contribution in [1.29, 1.82) is 0 Å². The average Bonchev–Trinajstić information content (AvgIpc) is 2.67. The van der Waals surface area contributed by atoms with Gasteiger partial charge in [-0.25, -0.2) is 0 Å². The summed E-state index contributed by atoms with van der Waals surface area (Å²) < 4.78 is 5.17. The summed E-state index contributed by atoms with van der Waals surface area (Å²) in [7, 11) is 5.46. The third-order valence-corrected chi connectivity index (χ3v) is 5.34. The van der Waals surface area contributed by atoms with E-state index in [1.807, 2.05) is 66.9 Å². The highest BCUT2D eigenvalue weighted by atomic mass is 16.5. The highest BCUT2D eigenvalue weighted by Crippen LogP contribution is 2.20. The Bertz CT molecular complexity index is 622. The van der Waals surface area contributed by atoms with Crippen LogP contribution >= 0.6 is 0 Å². The number of carbonyl (C=O) groups is 2. The fraction of sp³-hybridized carbons (Fsp3) is 0.619. The predicted octanol–water partition coefficient (Wildman–Crippen LogP) is 2.23. The van der Waals surface area contributed by atoms with Crippen LogP contribution in [0.3, 0.4) is 0 Å². The average molecular weight is 376 g/mol. The minimum atomic E-state index is 0.0403. The van der Waals surface area contributed by atoms with E-state index >= 15 is 0 Å². The molecule has 1 fully saturated rings. The third kappa shape index (κ3) is 5.96. The molecule has 0 saturated carbocycles. The molecule has 0 N–H and O–H groups in total. The van der Waals surface area contributed by atoms with E-state index < -0.39 is 0 Å². The molecule has 1 saturated heterocycles. The van der Waals surface area contributed by atoms with E-state index in [4.69, 9.17) is 4.74 Å². The van der Waals surface area contributed by atoms with E-state index in [9.17, 15) is 9.59 Å². The SMILES string of the molecule is COc1ccc(CN(C)CC(=O)N2CCC(C(=O)N(C)C(C)C)CC2)cc1. The fourth-order valence-electron chi connectivity index (χ4n) is 3.35. The van der Waals surface area contributed by atoms with Gasteiger partial charge in [-0.1, -0.05) is 12.1 Å². The van der Waals surface area contributed by atoms with Gasteiger partial charge in [-0.05, 0) is 51.4 Å². The van der Waals surface area contributed by atoms with Crippen LogP contribution in [0.4, 0.5) is 0 Å². The first-order valence-electron chi connectivity index (χ1n) is 9.67. The van der Waals surface area contributed by atoms with Crippen LogP contribution in [0.15, 0.2) is 24.3 Å². The van der Waals surface area contributed by atoms with Crippen molar-refractivity contribution >= 4 is 11.8 Å². The molecule has 0 radical (unpaired) electrons. The molecule has 6 heteroatoms. The van der Waals surface area contributed by atoms with Crippen molar-refractivity contribution in [3.05, 3.63) is 29.8 Å². The predicted molar refractivity (Wildman–Crippen MR) is 107 cm³/mol. The fourth-order valence-corrected chi connectivity index (χ4v) is 3.35. The minimum Gasteiger partial charge on any atom is -0.497 e. The van der Waals surface area contributed by atoms with Crippen LogP contribution in [0.2, 0.25) is 0 Å². The molecule has 0 atom stereocenters. The van der Waals surface area contributed by atoms with Crippen molar-refractivity contribution in [1.82, 2.24) is 14.7 Å². The molecule has 1 aliphatic heterocycles. The standard InChI is InChI=1S/C21H33N3O3/c1-16(2)23(4)21(26)18-10-12-24(13-11-18)20(25)15-22(3)14-17-6-8-19(27-5)9-7-17/h6-9,16,18H,10-15H2,1-5H3. The quantitative estimate of drug-likeness (QED) is 0.733. The Kier molecular flexibility index (Phi) is 7.66. The summed E-state index contributed by atoms with van der Waals surface area (Å²) >= 11 is 0. The Labute approximate surface area is 163 Å². The molecular formula is C21H33N3O3. The van der Waals surface area contributed by atoms with Gasteiger partial charge in [0.1, 0.15) is 5.75 Å². The second-order valence-corrected chi connectivity index (χ2v) is 7.72. The summed E-state index contributed by atoms with van der Waals surface area (Å²) in [6, 6.07) is 8.11. The lowest BCUT2D eigenvalue weighted by atomic mass is 9.95. The molecule has 2 rings (SSSR count). The van der Waals surface area contributed by atoms with Crippen molar-refractivity contribution in [3.63, 3.8) is 0 Å². The highest BCUT2D eigenvalue weighted by Gasteiger charge is 2.29. The lowest BCUT2D eigenvalue weighted by molar-refractivity contribution is -0.141. The molecule has 1 aromatic rings. The van der Waals surface area contributed by atoms with E-state index in [1.54, 1.807) is 7.11 Å². The number of amides is 2. The molecule has 0 spiro atoms. The first kappa shape index (κ1) is 21.2. The van der Waals surface area contributed by atoms with E-state index in [2.05, 4.69) is 0 Å². The number of hydrogen-bond donors (Lipinski definition) is 0. The van der Waals surface area contributed by atoms with Crippen LogP contribution in [0.1, 0.15) is 32.3 Å². The largest absolute Gasteiger partial charge is 0.497 e. The second kappa shape index (κ2) is 9.74. The molecular weight excluding hydrogens is 342 g/mol. The van der Waals surface area contributed by atoms with Gasteiger partial charge in [-0.2, -0.15) is 0 Å². The molecule has 1 aliphatic rings. The van der Waals surface area contributed by atoms with E-state index in [0.717, 1.165) is 24.2 Å². The first-order valence-corrected chi connectivity index (χ1v) is 9.67. The molecule has 0 aromatic heterocycles. The Morgan fingerprint density at radius 2 is 1.74 bits per heavy atom. The summed E-state index contributed by atoms with van der Waals surface area (Å²) in [6.45, 7) is 6.47. The monoisotopic (exact) mass is 375 g/mol. The number of methoxy groups -OCH3 is 1. The van der Waals surface area contributed by atoms with Crippen LogP contribution in [-0.4, -0.2) is 73.4 Å². The topological polar surface area (TPSA) is 53.1 Å². The second-order valence-electron chi connectivity index (χ2n) is 7.72. The third-order valence-electron chi connectivity index (χ3n) is 5.34. The Balaban J connectivity index is 1.78. The molecule has 0 unspecified atom stereocenters. The summed E-state index contributed by atoms with van der Waals surface area (Å²) in [4.78, 5) is 30.8. The van der Waals surface area contributed by atoms with Gasteiger partial charge in [0.2, 0.25) is 11.8 Å². The Morgan fingerprint density at radius 3 is 2.26 bits per heavy atom. The molecule has 1 aromatic carbocycles. The summed E-state index contributed by atoms with van der Waals surface area (Å²) in [5.74, 6) is 1.21. The number of benzene rings is 1. The summed E-state index contributed by atoms with van der Waals surface area (Å²) in [5.41, 5.74) is 1.15. The Hall–Kier alpha value is -2.08. The van der Waals surface area contributed by atoms with Crippen molar-refractivity contribution in [2.45, 2.75) is 39.3 Å². The number of likely N-dealkylation sites (N-methyl/N-ethyl adjacent to an activating group) is 1. The first-order chi connectivity index (χ1) is 12.8. The zero-order valence-electron chi connectivity index (χ0n) is 17.3.